The van der Waals surface area contributed by atoms with Crippen molar-refractivity contribution in [3.63, 3.8) is 0 Å². The Kier molecular flexibility index (Phi) is 6.65. The lowest BCUT2D eigenvalue weighted by atomic mass is 10.0. The average molecular weight is 255 g/mol. The lowest BCUT2D eigenvalue weighted by Crippen LogP contribution is -2.53. The van der Waals surface area contributed by atoms with Gasteiger partial charge in [-0.2, -0.15) is 0 Å². The average Bonchev–Trinajstić information content (AvgIpc) is 2.29. The molecule has 2 atom stereocenters. The maximum Gasteiger partial charge on any atom is 0.234 e. The largest absolute Gasteiger partial charge is 0.353 e. The first kappa shape index (κ1) is 15.4. The molecule has 0 bridgehead atoms. The molecule has 1 rings (SSSR count). The summed E-state index contributed by atoms with van der Waals surface area (Å²) in [6.07, 6.45) is 2.24. The van der Waals surface area contributed by atoms with Gasteiger partial charge in [0, 0.05) is 31.7 Å². The second-order valence-electron chi connectivity index (χ2n) is 5.96. The molecule has 18 heavy (non-hydrogen) atoms. The van der Waals surface area contributed by atoms with Crippen molar-refractivity contribution < 1.29 is 4.79 Å². The van der Waals surface area contributed by atoms with E-state index in [1.54, 1.807) is 0 Å². The number of nitrogens with one attached hydrogen (secondary N) is 2. The van der Waals surface area contributed by atoms with E-state index in [2.05, 4.69) is 43.2 Å². The molecule has 1 fully saturated rings. The fourth-order valence-electron chi connectivity index (χ4n) is 2.28. The van der Waals surface area contributed by atoms with Crippen molar-refractivity contribution in [2.75, 3.05) is 26.2 Å². The number of nitrogens with zero attached hydrogens (tertiary/aromatic N) is 1. The third-order valence-electron chi connectivity index (χ3n) is 3.57. The van der Waals surface area contributed by atoms with Crippen LogP contribution in [0.3, 0.4) is 0 Å². The summed E-state index contributed by atoms with van der Waals surface area (Å²) >= 11 is 0. The third kappa shape index (κ3) is 5.83. The fraction of sp³-hybridized carbons (Fsp3) is 0.929. The van der Waals surface area contributed by atoms with Crippen LogP contribution in [0.5, 0.6) is 0 Å². The Bertz CT molecular complexity index is 255. The van der Waals surface area contributed by atoms with Crippen molar-refractivity contribution >= 4 is 5.91 Å². The summed E-state index contributed by atoms with van der Waals surface area (Å²) < 4.78 is 0. The Balaban J connectivity index is 2.23. The van der Waals surface area contributed by atoms with Gasteiger partial charge in [-0.05, 0) is 32.6 Å². The topological polar surface area (TPSA) is 44.4 Å². The zero-order valence-corrected chi connectivity index (χ0v) is 12.3. The molecular weight excluding hydrogens is 226 g/mol. The molecule has 4 heteroatoms. The zero-order valence-electron chi connectivity index (χ0n) is 12.3. The summed E-state index contributed by atoms with van der Waals surface area (Å²) in [6.45, 7) is 12.2. The normalized spacial score (nSPS) is 23.1. The minimum absolute atomic E-state index is 0.167. The molecule has 4 nitrogen and oxygen atoms in total. The quantitative estimate of drug-likeness (QED) is 0.750. The SMILES string of the molecule is CC(C)CCC(C)NC(=O)CN1CCNCC1C. The van der Waals surface area contributed by atoms with Gasteiger partial charge in [0.25, 0.3) is 0 Å². The van der Waals surface area contributed by atoms with Crippen LogP contribution in [0.25, 0.3) is 0 Å². The van der Waals surface area contributed by atoms with E-state index in [-0.39, 0.29) is 11.9 Å². The highest BCUT2D eigenvalue weighted by Crippen LogP contribution is 2.07. The Labute approximate surface area is 111 Å². The van der Waals surface area contributed by atoms with Crippen molar-refractivity contribution in [2.24, 2.45) is 5.92 Å². The van der Waals surface area contributed by atoms with Crippen LogP contribution in [-0.4, -0.2) is 49.1 Å². The van der Waals surface area contributed by atoms with Crippen LogP contribution in [-0.2, 0) is 4.79 Å². The molecule has 2 N–H and O–H groups in total. The van der Waals surface area contributed by atoms with E-state index < -0.39 is 0 Å². The predicted octanol–water partition coefficient (Wildman–Crippen LogP) is 1.22. The van der Waals surface area contributed by atoms with Crippen LogP contribution in [0.4, 0.5) is 0 Å². The van der Waals surface area contributed by atoms with Gasteiger partial charge in [0.15, 0.2) is 0 Å². The number of hydrogen-bond donors (Lipinski definition) is 2. The maximum atomic E-state index is 11.9. The van der Waals surface area contributed by atoms with Gasteiger partial charge in [-0.25, -0.2) is 0 Å². The van der Waals surface area contributed by atoms with E-state index in [1.165, 1.54) is 6.42 Å². The number of piperazine rings is 1. The van der Waals surface area contributed by atoms with Crippen molar-refractivity contribution in [3.8, 4) is 0 Å². The molecule has 0 saturated carbocycles. The summed E-state index contributed by atoms with van der Waals surface area (Å²) in [7, 11) is 0. The molecule has 1 amide bonds. The Hall–Kier alpha value is -0.610. The van der Waals surface area contributed by atoms with E-state index in [0.717, 1.165) is 26.1 Å². The molecule has 1 heterocycles. The fourth-order valence-corrected chi connectivity index (χ4v) is 2.28. The molecule has 0 spiro atoms. The van der Waals surface area contributed by atoms with Crippen molar-refractivity contribution in [1.82, 2.24) is 15.5 Å². The molecule has 106 valence electrons. The standard InChI is InChI=1S/C14H29N3O/c1-11(2)5-6-12(3)16-14(18)10-17-8-7-15-9-13(17)4/h11-13,15H,5-10H2,1-4H3,(H,16,18). The molecule has 1 saturated heterocycles. The summed E-state index contributed by atoms with van der Waals surface area (Å²) in [5, 5.41) is 6.44. The van der Waals surface area contributed by atoms with Crippen LogP contribution in [0.1, 0.15) is 40.5 Å². The van der Waals surface area contributed by atoms with E-state index in [9.17, 15) is 4.79 Å². The van der Waals surface area contributed by atoms with Crippen LogP contribution < -0.4 is 10.6 Å². The van der Waals surface area contributed by atoms with Crippen molar-refractivity contribution in [3.05, 3.63) is 0 Å². The van der Waals surface area contributed by atoms with Crippen molar-refractivity contribution in [1.29, 1.82) is 0 Å². The first-order valence-electron chi connectivity index (χ1n) is 7.23. The van der Waals surface area contributed by atoms with Gasteiger partial charge in [0.05, 0.1) is 6.54 Å². The molecule has 0 radical (unpaired) electrons. The van der Waals surface area contributed by atoms with Gasteiger partial charge in [-0.3, -0.25) is 9.69 Å². The zero-order chi connectivity index (χ0) is 13.5. The van der Waals surface area contributed by atoms with Gasteiger partial charge in [-0.1, -0.05) is 13.8 Å². The predicted molar refractivity (Wildman–Crippen MR) is 75.6 cm³/mol. The van der Waals surface area contributed by atoms with Gasteiger partial charge in [0.1, 0.15) is 0 Å². The summed E-state index contributed by atoms with van der Waals surface area (Å²) in [6, 6.07) is 0.744. The molecule has 0 aliphatic carbocycles. The van der Waals surface area contributed by atoms with Gasteiger partial charge in [0.2, 0.25) is 5.91 Å². The molecule has 1 aliphatic rings. The molecule has 2 unspecified atom stereocenters. The summed E-state index contributed by atoms with van der Waals surface area (Å²) in [5.41, 5.74) is 0. The number of carbonyl (C=O) groups is 1. The highest BCUT2D eigenvalue weighted by molar-refractivity contribution is 5.78. The Morgan fingerprint density at radius 1 is 1.39 bits per heavy atom. The summed E-state index contributed by atoms with van der Waals surface area (Å²) in [5.74, 6) is 0.873. The number of amides is 1. The van der Waals surface area contributed by atoms with E-state index in [0.29, 0.717) is 18.5 Å². The Morgan fingerprint density at radius 2 is 2.11 bits per heavy atom. The number of rotatable bonds is 6. The smallest absolute Gasteiger partial charge is 0.234 e. The van der Waals surface area contributed by atoms with Crippen LogP contribution in [0, 0.1) is 5.92 Å². The first-order valence-corrected chi connectivity index (χ1v) is 7.23. The van der Waals surface area contributed by atoms with Gasteiger partial charge < -0.3 is 10.6 Å². The molecular formula is C14H29N3O. The molecule has 1 aliphatic heterocycles. The lowest BCUT2D eigenvalue weighted by Gasteiger charge is -2.33. The van der Waals surface area contributed by atoms with Crippen LogP contribution >= 0.6 is 0 Å². The van der Waals surface area contributed by atoms with Crippen molar-refractivity contribution in [2.45, 2.75) is 52.6 Å². The first-order chi connectivity index (χ1) is 8.49. The second-order valence-corrected chi connectivity index (χ2v) is 5.96. The third-order valence-corrected chi connectivity index (χ3v) is 3.57. The minimum atomic E-state index is 0.167. The maximum absolute atomic E-state index is 11.9. The highest BCUT2D eigenvalue weighted by Gasteiger charge is 2.20. The van der Waals surface area contributed by atoms with Gasteiger partial charge >= 0.3 is 0 Å². The summed E-state index contributed by atoms with van der Waals surface area (Å²) in [4.78, 5) is 14.2. The van der Waals surface area contributed by atoms with Crippen LogP contribution in [0.2, 0.25) is 0 Å². The number of carbonyl (C=O) groups excluding carboxylic acids is 1. The van der Waals surface area contributed by atoms with E-state index in [4.69, 9.17) is 0 Å². The monoisotopic (exact) mass is 255 g/mol. The molecule has 0 aromatic rings. The van der Waals surface area contributed by atoms with Gasteiger partial charge in [-0.15, -0.1) is 0 Å². The van der Waals surface area contributed by atoms with E-state index >= 15 is 0 Å². The lowest BCUT2D eigenvalue weighted by molar-refractivity contribution is -0.123. The molecule has 0 aromatic heterocycles. The molecule has 0 aromatic carbocycles. The highest BCUT2D eigenvalue weighted by atomic mass is 16.2. The number of hydrogen-bond acceptors (Lipinski definition) is 3. The van der Waals surface area contributed by atoms with Crippen LogP contribution in [0.15, 0.2) is 0 Å². The Morgan fingerprint density at radius 3 is 2.72 bits per heavy atom. The van der Waals surface area contributed by atoms with E-state index in [1.807, 2.05) is 0 Å². The minimum Gasteiger partial charge on any atom is -0.353 e. The second kappa shape index (κ2) is 7.74.